The van der Waals surface area contributed by atoms with Crippen LogP contribution < -0.4 is 10.6 Å². The van der Waals surface area contributed by atoms with Crippen molar-refractivity contribution in [2.24, 2.45) is 0 Å². The molecule has 1 rings (SSSR count). The van der Waals surface area contributed by atoms with Crippen LogP contribution in [0.2, 0.25) is 0 Å². The summed E-state index contributed by atoms with van der Waals surface area (Å²) in [6, 6.07) is 1.85. The van der Waals surface area contributed by atoms with Crippen molar-refractivity contribution in [2.75, 3.05) is 13.1 Å². The molecule has 1 aromatic heterocycles. The van der Waals surface area contributed by atoms with Gasteiger partial charge in [-0.1, -0.05) is 31.6 Å². The smallest absolute Gasteiger partial charge is 0.252 e. The van der Waals surface area contributed by atoms with Crippen LogP contribution in [0.25, 0.3) is 0 Å². The fraction of sp³-hybridized carbons (Fsp3) is 0.562. The first kappa shape index (κ1) is 19.8. The largest absolute Gasteiger partial charge is 0.353 e. The first-order valence-electron chi connectivity index (χ1n) is 7.42. The summed E-state index contributed by atoms with van der Waals surface area (Å²) in [4.78, 5) is 28.1. The number of aromatic nitrogens is 1. The second-order valence-corrected chi connectivity index (χ2v) is 8.58. The third-order valence-electron chi connectivity index (χ3n) is 3.34. The molecule has 23 heavy (non-hydrogen) atoms. The predicted molar refractivity (Wildman–Crippen MR) is 98.9 cm³/mol. The monoisotopic (exact) mass is 355 g/mol. The first-order chi connectivity index (χ1) is 10.6. The average molecular weight is 356 g/mol. The van der Waals surface area contributed by atoms with Gasteiger partial charge in [0.1, 0.15) is 0 Å². The lowest BCUT2D eigenvalue weighted by Gasteiger charge is -2.20. The van der Waals surface area contributed by atoms with Gasteiger partial charge in [-0.3, -0.25) is 14.6 Å². The molecule has 0 atom stereocenters. The van der Waals surface area contributed by atoms with Crippen LogP contribution in [0.1, 0.15) is 50.5 Å². The van der Waals surface area contributed by atoms with Crippen LogP contribution in [-0.2, 0) is 10.2 Å². The summed E-state index contributed by atoms with van der Waals surface area (Å²) in [7, 11) is 1.19. The van der Waals surface area contributed by atoms with Gasteiger partial charge in [0.2, 0.25) is 5.91 Å². The zero-order valence-electron chi connectivity index (χ0n) is 14.3. The number of thiol groups is 1. The van der Waals surface area contributed by atoms with Crippen molar-refractivity contribution in [1.29, 1.82) is 0 Å². The molecule has 0 unspecified atom stereocenters. The number of pyridine rings is 1. The van der Waals surface area contributed by atoms with Crippen molar-refractivity contribution in [3.63, 3.8) is 0 Å². The highest BCUT2D eigenvalue weighted by molar-refractivity contribution is 8.69. The van der Waals surface area contributed by atoms with Crippen molar-refractivity contribution >= 4 is 34.3 Å². The Morgan fingerprint density at radius 3 is 2.30 bits per heavy atom. The van der Waals surface area contributed by atoms with E-state index in [1.54, 1.807) is 26.2 Å². The summed E-state index contributed by atoms with van der Waals surface area (Å²) in [6.45, 7) is 10.5. The molecule has 0 aromatic carbocycles. The minimum Gasteiger partial charge on any atom is -0.353 e. The molecule has 5 nitrogen and oxygen atoms in total. The van der Waals surface area contributed by atoms with E-state index in [-0.39, 0.29) is 17.2 Å². The van der Waals surface area contributed by atoms with Crippen LogP contribution in [0.15, 0.2) is 18.5 Å². The second kappa shape index (κ2) is 8.06. The van der Waals surface area contributed by atoms with Crippen LogP contribution in [0.5, 0.6) is 0 Å². The van der Waals surface area contributed by atoms with Crippen molar-refractivity contribution in [3.05, 3.63) is 29.6 Å². The van der Waals surface area contributed by atoms with Crippen molar-refractivity contribution in [2.45, 2.75) is 44.8 Å². The summed E-state index contributed by atoms with van der Waals surface area (Å²) in [5.74, 6) is -0.302. The zero-order valence-corrected chi connectivity index (χ0v) is 16.0. The third-order valence-corrected chi connectivity index (χ3v) is 5.35. The molecule has 0 aliphatic heterocycles. The Bertz CT molecular complexity index is 569. The standard InChI is InChI=1S/C16H25N3O2S2/c1-15(2,3)12-8-11(9-17-10-12)13(20)18-6-7-19-14(21)16(4,5)23-22/h8-10,22H,6-7H2,1-5H3,(H,18,20)(H,19,21). The Balaban J connectivity index is 2.51. The van der Waals surface area contributed by atoms with Crippen LogP contribution >= 0.6 is 22.5 Å². The van der Waals surface area contributed by atoms with Gasteiger partial charge in [-0.25, -0.2) is 0 Å². The van der Waals surface area contributed by atoms with E-state index >= 15 is 0 Å². The topological polar surface area (TPSA) is 71.1 Å². The Kier molecular flexibility index (Phi) is 6.95. The molecule has 2 amide bonds. The summed E-state index contributed by atoms with van der Waals surface area (Å²) >= 11 is 4.08. The van der Waals surface area contributed by atoms with Gasteiger partial charge in [0.15, 0.2) is 0 Å². The predicted octanol–water partition coefficient (Wildman–Crippen LogP) is 2.58. The van der Waals surface area contributed by atoms with Crippen LogP contribution in [0.3, 0.4) is 0 Å². The Hall–Kier alpha value is -1.21. The van der Waals surface area contributed by atoms with Crippen molar-refractivity contribution < 1.29 is 9.59 Å². The van der Waals surface area contributed by atoms with E-state index in [0.29, 0.717) is 18.7 Å². The van der Waals surface area contributed by atoms with Crippen LogP contribution in [0.4, 0.5) is 0 Å². The molecule has 0 spiro atoms. The van der Waals surface area contributed by atoms with Gasteiger partial charge >= 0.3 is 0 Å². The number of nitrogens with one attached hydrogen (secondary N) is 2. The Morgan fingerprint density at radius 2 is 1.74 bits per heavy atom. The third kappa shape index (κ3) is 6.06. The SMILES string of the molecule is CC(C)(SS)C(=O)NCCNC(=O)c1cncc(C(C)(C)C)c1. The molecule has 7 heteroatoms. The molecule has 1 aromatic rings. The lowest BCUT2D eigenvalue weighted by atomic mass is 9.87. The number of hydrogen-bond acceptors (Lipinski definition) is 5. The van der Waals surface area contributed by atoms with Crippen molar-refractivity contribution in [3.8, 4) is 0 Å². The van der Waals surface area contributed by atoms with E-state index in [0.717, 1.165) is 5.56 Å². The lowest BCUT2D eigenvalue weighted by Crippen LogP contribution is -2.42. The van der Waals surface area contributed by atoms with Gasteiger partial charge in [-0.05, 0) is 30.9 Å². The van der Waals surface area contributed by atoms with Gasteiger partial charge < -0.3 is 10.6 Å². The quantitative estimate of drug-likeness (QED) is 0.417. The van der Waals surface area contributed by atoms with E-state index in [2.05, 4.69) is 48.0 Å². The fourth-order valence-corrected chi connectivity index (χ4v) is 2.09. The highest BCUT2D eigenvalue weighted by atomic mass is 33.1. The molecule has 2 N–H and O–H groups in total. The summed E-state index contributed by atoms with van der Waals surface area (Å²) < 4.78 is -0.599. The maximum atomic E-state index is 12.1. The summed E-state index contributed by atoms with van der Waals surface area (Å²) in [5, 5.41) is 5.56. The van der Waals surface area contributed by atoms with Crippen LogP contribution in [-0.4, -0.2) is 34.6 Å². The Morgan fingerprint density at radius 1 is 1.13 bits per heavy atom. The lowest BCUT2D eigenvalue weighted by molar-refractivity contribution is -0.122. The number of carbonyl (C=O) groups is 2. The maximum Gasteiger partial charge on any atom is 0.252 e. The number of nitrogens with zero attached hydrogens (tertiary/aromatic N) is 1. The fourth-order valence-electron chi connectivity index (χ4n) is 1.68. The molecule has 0 fully saturated rings. The van der Waals surface area contributed by atoms with Gasteiger partial charge in [0, 0.05) is 25.5 Å². The molecule has 0 saturated carbocycles. The summed E-state index contributed by atoms with van der Waals surface area (Å²) in [5.41, 5.74) is 1.47. The molecular weight excluding hydrogens is 330 g/mol. The molecule has 0 radical (unpaired) electrons. The molecule has 0 aliphatic rings. The Labute approximate surface area is 147 Å². The number of carbonyl (C=O) groups excluding carboxylic acids is 2. The van der Waals surface area contributed by atoms with Gasteiger partial charge in [0.25, 0.3) is 5.91 Å². The normalized spacial score (nSPS) is 11.9. The van der Waals surface area contributed by atoms with Gasteiger partial charge in [-0.2, -0.15) is 0 Å². The molecule has 0 bridgehead atoms. The van der Waals surface area contributed by atoms with E-state index in [9.17, 15) is 9.59 Å². The number of hydrogen-bond donors (Lipinski definition) is 3. The summed E-state index contributed by atoms with van der Waals surface area (Å²) in [6.07, 6.45) is 3.32. The van der Waals surface area contributed by atoms with E-state index < -0.39 is 4.75 Å². The van der Waals surface area contributed by atoms with Crippen molar-refractivity contribution in [1.82, 2.24) is 15.6 Å². The first-order valence-corrected chi connectivity index (χ1v) is 9.29. The molecule has 0 aliphatic carbocycles. The van der Waals surface area contributed by atoms with E-state index in [4.69, 9.17) is 0 Å². The molecular formula is C16H25N3O2S2. The number of amides is 2. The van der Waals surface area contributed by atoms with Gasteiger partial charge in [-0.15, -0.1) is 11.7 Å². The highest BCUT2D eigenvalue weighted by Gasteiger charge is 2.26. The van der Waals surface area contributed by atoms with E-state index in [1.165, 1.54) is 10.8 Å². The molecule has 1 heterocycles. The van der Waals surface area contributed by atoms with E-state index in [1.807, 2.05) is 6.07 Å². The zero-order chi connectivity index (χ0) is 17.7. The van der Waals surface area contributed by atoms with Crippen LogP contribution in [0, 0.1) is 0 Å². The molecule has 128 valence electrons. The highest BCUT2D eigenvalue weighted by Crippen LogP contribution is 2.27. The minimum absolute atomic E-state index is 0.0621. The molecule has 0 saturated heterocycles. The van der Waals surface area contributed by atoms with Gasteiger partial charge in [0.05, 0.1) is 10.3 Å². The minimum atomic E-state index is -0.599. The second-order valence-electron chi connectivity index (χ2n) is 6.83. The average Bonchev–Trinajstić information content (AvgIpc) is 2.50. The maximum absolute atomic E-state index is 12.1. The number of rotatable bonds is 6.